The number of hydrogen-bond acceptors (Lipinski definition) is 4. The highest BCUT2D eigenvalue weighted by Crippen LogP contribution is 2.34. The van der Waals surface area contributed by atoms with E-state index in [1.807, 2.05) is 11.8 Å². The SMILES string of the molecule is CCCNc1nc(-c2ccc(Br)c(C)c2)nc2c1CSC2. The summed E-state index contributed by atoms with van der Waals surface area (Å²) in [6.07, 6.45) is 1.10. The van der Waals surface area contributed by atoms with Crippen LogP contribution < -0.4 is 5.32 Å². The van der Waals surface area contributed by atoms with E-state index < -0.39 is 0 Å². The first-order valence-corrected chi connectivity index (χ1v) is 9.11. The van der Waals surface area contributed by atoms with Gasteiger partial charge in [-0.2, -0.15) is 11.8 Å². The lowest BCUT2D eigenvalue weighted by atomic mass is 10.1. The van der Waals surface area contributed by atoms with Crippen LogP contribution in [0.2, 0.25) is 0 Å². The van der Waals surface area contributed by atoms with Crippen LogP contribution in [0.3, 0.4) is 0 Å². The summed E-state index contributed by atoms with van der Waals surface area (Å²) in [4.78, 5) is 9.55. The zero-order valence-corrected chi connectivity index (χ0v) is 14.6. The first-order valence-electron chi connectivity index (χ1n) is 7.17. The number of thioether (sulfide) groups is 1. The van der Waals surface area contributed by atoms with Crippen molar-refractivity contribution in [2.24, 2.45) is 0 Å². The maximum atomic E-state index is 4.78. The molecule has 0 bridgehead atoms. The monoisotopic (exact) mass is 363 g/mol. The third-order valence-electron chi connectivity index (χ3n) is 3.54. The number of aromatic nitrogens is 2. The molecule has 1 aliphatic heterocycles. The van der Waals surface area contributed by atoms with Crippen molar-refractivity contribution >= 4 is 33.5 Å². The van der Waals surface area contributed by atoms with Crippen LogP contribution in [0.1, 0.15) is 30.2 Å². The summed E-state index contributed by atoms with van der Waals surface area (Å²) in [6, 6.07) is 6.27. The van der Waals surface area contributed by atoms with Gasteiger partial charge < -0.3 is 5.32 Å². The second-order valence-corrected chi connectivity index (χ2v) is 7.04. The molecular weight excluding hydrogens is 346 g/mol. The third-order valence-corrected chi connectivity index (χ3v) is 5.40. The van der Waals surface area contributed by atoms with Crippen molar-refractivity contribution in [3.05, 3.63) is 39.5 Å². The maximum Gasteiger partial charge on any atom is 0.161 e. The van der Waals surface area contributed by atoms with Crippen LogP contribution in [0.25, 0.3) is 11.4 Å². The molecule has 0 radical (unpaired) electrons. The Morgan fingerprint density at radius 1 is 1.29 bits per heavy atom. The van der Waals surface area contributed by atoms with Crippen LogP contribution in [0.15, 0.2) is 22.7 Å². The zero-order valence-electron chi connectivity index (χ0n) is 12.2. The average Bonchev–Trinajstić information content (AvgIpc) is 2.96. The average molecular weight is 364 g/mol. The molecule has 3 rings (SSSR count). The Morgan fingerprint density at radius 2 is 2.14 bits per heavy atom. The quantitative estimate of drug-likeness (QED) is 0.847. The normalized spacial score (nSPS) is 13.3. The molecule has 1 aromatic heterocycles. The van der Waals surface area contributed by atoms with Crippen LogP contribution in [0.5, 0.6) is 0 Å². The molecule has 3 nitrogen and oxygen atoms in total. The van der Waals surface area contributed by atoms with Crippen LogP contribution in [-0.4, -0.2) is 16.5 Å². The number of fused-ring (bicyclic) bond motifs is 1. The van der Waals surface area contributed by atoms with Gasteiger partial charge in [0.25, 0.3) is 0 Å². The van der Waals surface area contributed by atoms with Gasteiger partial charge in [0.1, 0.15) is 5.82 Å². The van der Waals surface area contributed by atoms with Crippen molar-refractivity contribution in [1.29, 1.82) is 0 Å². The second kappa shape index (κ2) is 6.36. The fourth-order valence-electron chi connectivity index (χ4n) is 2.35. The summed E-state index contributed by atoms with van der Waals surface area (Å²) in [5, 5.41) is 3.46. The number of benzene rings is 1. The molecular formula is C16H18BrN3S. The van der Waals surface area contributed by atoms with Crippen LogP contribution in [0, 0.1) is 6.92 Å². The van der Waals surface area contributed by atoms with E-state index in [9.17, 15) is 0 Å². The smallest absolute Gasteiger partial charge is 0.161 e. The van der Waals surface area contributed by atoms with Crippen molar-refractivity contribution < 1.29 is 0 Å². The van der Waals surface area contributed by atoms with Gasteiger partial charge in [-0.15, -0.1) is 0 Å². The molecule has 0 aliphatic carbocycles. The van der Waals surface area contributed by atoms with Gasteiger partial charge in [0.2, 0.25) is 0 Å². The molecule has 2 aromatic rings. The van der Waals surface area contributed by atoms with Gasteiger partial charge in [0, 0.05) is 33.7 Å². The molecule has 0 spiro atoms. The van der Waals surface area contributed by atoms with E-state index in [0.717, 1.165) is 46.1 Å². The minimum absolute atomic E-state index is 0.824. The summed E-state index contributed by atoms with van der Waals surface area (Å²) in [6.45, 7) is 5.21. The van der Waals surface area contributed by atoms with Crippen LogP contribution in [0.4, 0.5) is 5.82 Å². The molecule has 0 saturated heterocycles. The fourth-order valence-corrected chi connectivity index (χ4v) is 3.64. The molecule has 1 aliphatic rings. The van der Waals surface area contributed by atoms with E-state index >= 15 is 0 Å². The Bertz CT molecular complexity index is 673. The standard InChI is InChI=1S/C16H18BrN3S/c1-3-6-18-16-12-8-21-9-14(12)19-15(20-16)11-4-5-13(17)10(2)7-11/h4-5,7H,3,6,8-9H2,1-2H3,(H,18,19,20). The molecule has 0 saturated carbocycles. The molecule has 1 N–H and O–H groups in total. The third kappa shape index (κ3) is 3.09. The number of halogens is 1. The van der Waals surface area contributed by atoms with E-state index in [-0.39, 0.29) is 0 Å². The zero-order chi connectivity index (χ0) is 14.8. The molecule has 21 heavy (non-hydrogen) atoms. The number of nitrogens with one attached hydrogen (secondary N) is 1. The van der Waals surface area contributed by atoms with E-state index in [1.165, 1.54) is 16.8 Å². The maximum absolute atomic E-state index is 4.78. The predicted octanol–water partition coefficient (Wildman–Crippen LogP) is 4.78. The van der Waals surface area contributed by atoms with Crippen molar-refractivity contribution in [1.82, 2.24) is 9.97 Å². The number of hydrogen-bond donors (Lipinski definition) is 1. The molecule has 5 heteroatoms. The number of aryl methyl sites for hydroxylation is 1. The Kier molecular flexibility index (Phi) is 4.50. The summed E-state index contributed by atoms with van der Waals surface area (Å²) in [5.41, 5.74) is 4.75. The van der Waals surface area contributed by atoms with Crippen LogP contribution in [-0.2, 0) is 11.5 Å². The number of anilines is 1. The molecule has 0 amide bonds. The summed E-state index contributed by atoms with van der Waals surface area (Å²) >= 11 is 5.45. The lowest BCUT2D eigenvalue weighted by Crippen LogP contribution is -2.08. The molecule has 0 unspecified atom stereocenters. The first kappa shape index (κ1) is 14.9. The van der Waals surface area contributed by atoms with E-state index in [4.69, 9.17) is 9.97 Å². The van der Waals surface area contributed by atoms with Gasteiger partial charge in [0.15, 0.2) is 5.82 Å². The van der Waals surface area contributed by atoms with Crippen molar-refractivity contribution in [3.63, 3.8) is 0 Å². The van der Waals surface area contributed by atoms with Crippen molar-refractivity contribution in [2.75, 3.05) is 11.9 Å². The minimum atomic E-state index is 0.824. The second-order valence-electron chi connectivity index (χ2n) is 5.20. The minimum Gasteiger partial charge on any atom is -0.370 e. The van der Waals surface area contributed by atoms with Gasteiger partial charge in [-0.25, -0.2) is 9.97 Å². The van der Waals surface area contributed by atoms with Crippen molar-refractivity contribution in [2.45, 2.75) is 31.8 Å². The van der Waals surface area contributed by atoms with Gasteiger partial charge in [0.05, 0.1) is 5.69 Å². The molecule has 1 aromatic carbocycles. The van der Waals surface area contributed by atoms with E-state index in [0.29, 0.717) is 0 Å². The van der Waals surface area contributed by atoms with Gasteiger partial charge >= 0.3 is 0 Å². The lowest BCUT2D eigenvalue weighted by molar-refractivity contribution is 0.955. The lowest BCUT2D eigenvalue weighted by Gasteiger charge is -2.12. The first-order chi connectivity index (χ1) is 10.2. The van der Waals surface area contributed by atoms with Gasteiger partial charge in [-0.3, -0.25) is 0 Å². The molecule has 0 fully saturated rings. The molecule has 0 atom stereocenters. The highest BCUT2D eigenvalue weighted by atomic mass is 79.9. The Morgan fingerprint density at radius 3 is 2.90 bits per heavy atom. The Balaban J connectivity index is 2.04. The molecule has 110 valence electrons. The highest BCUT2D eigenvalue weighted by Gasteiger charge is 2.20. The Labute approximate surface area is 138 Å². The van der Waals surface area contributed by atoms with E-state index in [1.54, 1.807) is 0 Å². The summed E-state index contributed by atoms with van der Waals surface area (Å²) in [5.74, 6) is 3.84. The summed E-state index contributed by atoms with van der Waals surface area (Å²) in [7, 11) is 0. The van der Waals surface area contributed by atoms with Gasteiger partial charge in [-0.1, -0.05) is 28.9 Å². The molecule has 2 heterocycles. The van der Waals surface area contributed by atoms with Crippen molar-refractivity contribution in [3.8, 4) is 11.4 Å². The van der Waals surface area contributed by atoms with Crippen LogP contribution >= 0.6 is 27.7 Å². The number of rotatable bonds is 4. The van der Waals surface area contributed by atoms with E-state index in [2.05, 4.69) is 53.3 Å². The Hall–Kier alpha value is -1.07. The number of nitrogens with zero attached hydrogens (tertiary/aromatic N) is 2. The topological polar surface area (TPSA) is 37.8 Å². The highest BCUT2D eigenvalue weighted by molar-refractivity contribution is 9.10. The summed E-state index contributed by atoms with van der Waals surface area (Å²) < 4.78 is 1.12. The predicted molar refractivity (Wildman–Crippen MR) is 93.7 cm³/mol. The largest absolute Gasteiger partial charge is 0.370 e. The fraction of sp³-hybridized carbons (Fsp3) is 0.375. The van der Waals surface area contributed by atoms with Gasteiger partial charge in [-0.05, 0) is 31.0 Å².